The van der Waals surface area contributed by atoms with Gasteiger partial charge in [-0.3, -0.25) is 0 Å². The van der Waals surface area contributed by atoms with E-state index in [1.807, 2.05) is 0 Å². The van der Waals surface area contributed by atoms with E-state index in [-0.39, 0.29) is 0 Å². The Balaban J connectivity index is 2.35. The molecule has 0 N–H and O–H groups in total. The van der Waals surface area contributed by atoms with Crippen LogP contribution < -0.4 is 0 Å². The summed E-state index contributed by atoms with van der Waals surface area (Å²) in [5.74, 6) is 0. The first-order valence-corrected chi connectivity index (χ1v) is 2.26. The van der Waals surface area contributed by atoms with Crippen molar-refractivity contribution in [2.75, 3.05) is 6.61 Å². The van der Waals surface area contributed by atoms with Crippen LogP contribution in [0.3, 0.4) is 0 Å². The van der Waals surface area contributed by atoms with Crippen LogP contribution in [0.15, 0.2) is 5.11 Å². The predicted molar refractivity (Wildman–Crippen MR) is 24.6 cm³/mol. The van der Waals surface area contributed by atoms with E-state index < -0.39 is 6.23 Å². The molecule has 0 spiro atoms. The van der Waals surface area contributed by atoms with Gasteiger partial charge in [0, 0.05) is 11.3 Å². The van der Waals surface area contributed by atoms with E-state index in [1.165, 1.54) is 0 Å². The first-order chi connectivity index (χ1) is 3.93. The van der Waals surface area contributed by atoms with Gasteiger partial charge in [0.1, 0.15) is 0 Å². The van der Waals surface area contributed by atoms with Gasteiger partial charge in [-0.25, -0.2) is 9.78 Å². The maximum atomic E-state index is 7.85. The van der Waals surface area contributed by atoms with Crippen molar-refractivity contribution in [1.29, 1.82) is 0 Å². The molecule has 44 valence electrons. The molecule has 8 heavy (non-hydrogen) atoms. The highest BCUT2D eigenvalue weighted by Gasteiger charge is 2.13. The standard InChI is InChI=1S/C3H5N3O2/c4-6-5-3-1-2-7-8-3/h3H,1-2H2. The molecule has 0 aromatic heterocycles. The zero-order valence-electron chi connectivity index (χ0n) is 4.15. The van der Waals surface area contributed by atoms with Crippen LogP contribution in [-0.4, -0.2) is 12.8 Å². The average molecular weight is 115 g/mol. The van der Waals surface area contributed by atoms with Gasteiger partial charge in [0.25, 0.3) is 0 Å². The molecule has 1 aliphatic rings. The Hall–Kier alpha value is -0.770. The summed E-state index contributed by atoms with van der Waals surface area (Å²) < 4.78 is 0. The van der Waals surface area contributed by atoms with Gasteiger partial charge >= 0.3 is 0 Å². The molecule has 1 fully saturated rings. The van der Waals surface area contributed by atoms with Crippen LogP contribution in [0, 0.1) is 0 Å². The van der Waals surface area contributed by atoms with Crippen molar-refractivity contribution in [1.82, 2.24) is 0 Å². The molecule has 0 aliphatic carbocycles. The van der Waals surface area contributed by atoms with E-state index in [0.29, 0.717) is 13.0 Å². The normalized spacial score (nSPS) is 27.2. The molecule has 1 unspecified atom stereocenters. The van der Waals surface area contributed by atoms with Crippen molar-refractivity contribution >= 4 is 0 Å². The summed E-state index contributed by atoms with van der Waals surface area (Å²) in [6.45, 7) is 0.518. The first-order valence-electron chi connectivity index (χ1n) is 2.26. The van der Waals surface area contributed by atoms with Crippen molar-refractivity contribution in [3.05, 3.63) is 10.4 Å². The zero-order valence-corrected chi connectivity index (χ0v) is 4.15. The molecule has 0 amide bonds. The summed E-state index contributed by atoms with van der Waals surface area (Å²) in [5.41, 5.74) is 7.85. The fraction of sp³-hybridized carbons (Fsp3) is 1.00. The summed E-state index contributed by atoms with van der Waals surface area (Å²) in [5, 5.41) is 3.26. The molecular formula is C3H5N3O2. The Labute approximate surface area is 45.8 Å². The van der Waals surface area contributed by atoms with Gasteiger partial charge < -0.3 is 0 Å². The van der Waals surface area contributed by atoms with Gasteiger partial charge in [-0.1, -0.05) is 5.11 Å². The molecule has 0 aromatic rings. The minimum atomic E-state index is -0.403. The summed E-state index contributed by atoms with van der Waals surface area (Å²) >= 11 is 0. The second kappa shape index (κ2) is 2.52. The number of azide groups is 1. The van der Waals surface area contributed by atoms with Gasteiger partial charge in [-0.2, -0.15) is 0 Å². The highest BCUT2D eigenvalue weighted by atomic mass is 17.2. The minimum absolute atomic E-state index is 0.403. The number of nitrogens with zero attached hydrogens (tertiary/aromatic N) is 3. The number of hydrogen-bond donors (Lipinski definition) is 0. The monoisotopic (exact) mass is 115 g/mol. The van der Waals surface area contributed by atoms with Gasteiger partial charge in [-0.05, 0) is 5.53 Å². The maximum Gasteiger partial charge on any atom is 0.174 e. The number of hydrogen-bond acceptors (Lipinski definition) is 3. The average Bonchev–Trinajstić information content (AvgIpc) is 2.19. The quantitative estimate of drug-likeness (QED) is 0.221. The topological polar surface area (TPSA) is 67.2 Å². The van der Waals surface area contributed by atoms with Crippen molar-refractivity contribution in [3.63, 3.8) is 0 Å². The van der Waals surface area contributed by atoms with Crippen molar-refractivity contribution in [2.45, 2.75) is 12.6 Å². The highest BCUT2D eigenvalue weighted by molar-refractivity contribution is 4.55. The second-order valence-electron chi connectivity index (χ2n) is 1.37. The molecule has 0 saturated carbocycles. The van der Waals surface area contributed by atoms with Crippen LogP contribution in [0.1, 0.15) is 6.42 Å². The Morgan fingerprint density at radius 2 is 2.62 bits per heavy atom. The van der Waals surface area contributed by atoms with Gasteiger partial charge in [0.05, 0.1) is 6.61 Å². The lowest BCUT2D eigenvalue weighted by Gasteiger charge is -1.91. The summed E-state index contributed by atoms with van der Waals surface area (Å²) in [6, 6.07) is 0. The van der Waals surface area contributed by atoms with Crippen molar-refractivity contribution in [2.24, 2.45) is 5.11 Å². The Morgan fingerprint density at radius 3 is 3.12 bits per heavy atom. The van der Waals surface area contributed by atoms with Crippen molar-refractivity contribution < 1.29 is 9.78 Å². The largest absolute Gasteiger partial charge is 0.236 e. The molecular weight excluding hydrogens is 110 g/mol. The molecule has 5 heteroatoms. The lowest BCUT2D eigenvalue weighted by molar-refractivity contribution is -0.272. The van der Waals surface area contributed by atoms with Crippen LogP contribution in [0.5, 0.6) is 0 Å². The summed E-state index contributed by atoms with van der Waals surface area (Å²) in [4.78, 5) is 11.5. The lowest BCUT2D eigenvalue weighted by atomic mass is 10.4. The van der Waals surface area contributed by atoms with Gasteiger partial charge in [-0.15, -0.1) is 0 Å². The third-order valence-corrected chi connectivity index (χ3v) is 0.808. The molecule has 0 radical (unpaired) electrons. The Morgan fingerprint density at radius 1 is 1.75 bits per heavy atom. The maximum absolute atomic E-state index is 7.85. The van der Waals surface area contributed by atoms with E-state index in [2.05, 4.69) is 19.8 Å². The zero-order chi connectivity index (χ0) is 5.82. The lowest BCUT2D eigenvalue weighted by Crippen LogP contribution is -1.96. The molecule has 0 aromatic carbocycles. The first kappa shape index (κ1) is 5.37. The summed E-state index contributed by atoms with van der Waals surface area (Å²) in [6.07, 6.45) is 0.254. The predicted octanol–water partition coefficient (Wildman–Crippen LogP) is 0.975. The molecule has 1 saturated heterocycles. The van der Waals surface area contributed by atoms with E-state index in [9.17, 15) is 0 Å². The summed E-state index contributed by atoms with van der Waals surface area (Å²) in [7, 11) is 0. The van der Waals surface area contributed by atoms with Crippen LogP contribution in [0.2, 0.25) is 0 Å². The third kappa shape index (κ3) is 1.10. The van der Waals surface area contributed by atoms with Gasteiger partial charge in [0.15, 0.2) is 6.23 Å². The molecule has 1 aliphatic heterocycles. The molecule has 1 rings (SSSR count). The molecule has 1 heterocycles. The van der Waals surface area contributed by atoms with Crippen LogP contribution in [0.4, 0.5) is 0 Å². The van der Waals surface area contributed by atoms with Crippen LogP contribution >= 0.6 is 0 Å². The molecule has 1 atom stereocenters. The van der Waals surface area contributed by atoms with E-state index in [1.54, 1.807) is 0 Å². The van der Waals surface area contributed by atoms with Crippen molar-refractivity contribution in [3.8, 4) is 0 Å². The minimum Gasteiger partial charge on any atom is -0.236 e. The van der Waals surface area contributed by atoms with E-state index in [4.69, 9.17) is 5.53 Å². The smallest absolute Gasteiger partial charge is 0.174 e. The Kier molecular flexibility index (Phi) is 1.69. The molecule has 5 nitrogen and oxygen atoms in total. The van der Waals surface area contributed by atoms with Crippen LogP contribution in [0.25, 0.3) is 10.4 Å². The van der Waals surface area contributed by atoms with Crippen LogP contribution in [-0.2, 0) is 9.78 Å². The SMILES string of the molecule is [N-]=[N+]=NC1CCOO1. The van der Waals surface area contributed by atoms with E-state index in [0.717, 1.165) is 0 Å². The third-order valence-electron chi connectivity index (χ3n) is 0.808. The Bertz CT molecular complexity index is 114. The fourth-order valence-corrected chi connectivity index (χ4v) is 0.458. The molecule has 0 bridgehead atoms. The second-order valence-corrected chi connectivity index (χ2v) is 1.37. The highest BCUT2D eigenvalue weighted by Crippen LogP contribution is 2.08. The van der Waals surface area contributed by atoms with E-state index >= 15 is 0 Å². The number of rotatable bonds is 1. The fourth-order valence-electron chi connectivity index (χ4n) is 0.458. The van der Waals surface area contributed by atoms with Gasteiger partial charge in [0.2, 0.25) is 0 Å².